The number of amides is 3. The van der Waals surface area contributed by atoms with E-state index in [-0.39, 0.29) is 17.0 Å². The normalized spacial score (nSPS) is 13.2. The van der Waals surface area contributed by atoms with Crippen LogP contribution in [0, 0.1) is 0 Å². The molecule has 0 saturated heterocycles. The first-order valence-corrected chi connectivity index (χ1v) is 7.66. The average Bonchev–Trinajstić information content (AvgIpc) is 2.86. The molecular formula is C18H11N3O5. The fourth-order valence-corrected chi connectivity index (χ4v) is 2.78. The van der Waals surface area contributed by atoms with Gasteiger partial charge in [0, 0.05) is 12.5 Å². The number of carbonyl (C=O) groups excluding carboxylic acids is 3. The van der Waals surface area contributed by atoms with Gasteiger partial charge in [-0.05, 0) is 30.3 Å². The van der Waals surface area contributed by atoms with Crippen LogP contribution in [0.1, 0.15) is 27.6 Å². The number of hydrogen-bond donors (Lipinski definition) is 1. The van der Waals surface area contributed by atoms with Crippen LogP contribution in [0.4, 0.5) is 0 Å². The molecule has 0 spiro atoms. The van der Waals surface area contributed by atoms with Crippen LogP contribution in [0.15, 0.2) is 51.7 Å². The molecule has 0 bridgehead atoms. The van der Waals surface area contributed by atoms with Gasteiger partial charge in [0.05, 0.1) is 22.0 Å². The van der Waals surface area contributed by atoms with Gasteiger partial charge in [0.2, 0.25) is 11.8 Å². The Morgan fingerprint density at radius 1 is 1.04 bits per heavy atom. The predicted molar refractivity (Wildman–Crippen MR) is 90.0 cm³/mol. The first-order chi connectivity index (χ1) is 12.5. The molecule has 1 N–H and O–H groups in total. The van der Waals surface area contributed by atoms with E-state index in [9.17, 15) is 19.2 Å². The summed E-state index contributed by atoms with van der Waals surface area (Å²) < 4.78 is 5.24. The molecule has 0 atom stereocenters. The SMILES string of the molecule is CC(=O)NN1C(=O)c2ccc(-c3nc4ccccc4c(=O)o3)cc2C1=O. The van der Waals surface area contributed by atoms with Crippen LogP contribution in [0.5, 0.6) is 0 Å². The first-order valence-electron chi connectivity index (χ1n) is 7.66. The van der Waals surface area contributed by atoms with Crippen molar-refractivity contribution < 1.29 is 18.8 Å². The monoisotopic (exact) mass is 349 g/mol. The number of aromatic nitrogens is 1. The molecule has 1 aliphatic heterocycles. The molecule has 1 aromatic heterocycles. The van der Waals surface area contributed by atoms with E-state index in [4.69, 9.17) is 4.42 Å². The summed E-state index contributed by atoms with van der Waals surface area (Å²) in [6, 6.07) is 11.1. The molecule has 3 aromatic rings. The van der Waals surface area contributed by atoms with Crippen molar-refractivity contribution in [3.8, 4) is 11.5 Å². The maximum Gasteiger partial charge on any atom is 0.347 e. The number of carbonyl (C=O) groups is 3. The number of benzene rings is 2. The van der Waals surface area contributed by atoms with Gasteiger partial charge in [-0.1, -0.05) is 12.1 Å². The lowest BCUT2D eigenvalue weighted by atomic mass is 10.1. The van der Waals surface area contributed by atoms with Gasteiger partial charge in [-0.2, -0.15) is 5.01 Å². The summed E-state index contributed by atoms with van der Waals surface area (Å²) in [5.74, 6) is -1.79. The molecule has 1 aliphatic rings. The molecule has 8 nitrogen and oxygen atoms in total. The summed E-state index contributed by atoms with van der Waals surface area (Å²) in [5, 5.41) is 1.00. The second-order valence-electron chi connectivity index (χ2n) is 5.70. The number of hydrogen-bond acceptors (Lipinski definition) is 6. The predicted octanol–water partition coefficient (Wildman–Crippen LogP) is 1.50. The van der Waals surface area contributed by atoms with E-state index in [0.29, 0.717) is 21.5 Å². The Kier molecular flexibility index (Phi) is 3.40. The van der Waals surface area contributed by atoms with Gasteiger partial charge < -0.3 is 4.42 Å². The summed E-state index contributed by atoms with van der Waals surface area (Å²) in [6.07, 6.45) is 0. The summed E-state index contributed by atoms with van der Waals surface area (Å²) >= 11 is 0. The number of nitrogens with zero attached hydrogens (tertiary/aromatic N) is 2. The molecule has 3 amide bonds. The van der Waals surface area contributed by atoms with E-state index < -0.39 is 23.3 Å². The Hall–Kier alpha value is -3.81. The number of rotatable bonds is 2. The van der Waals surface area contributed by atoms with Crippen LogP contribution < -0.4 is 11.1 Å². The average molecular weight is 349 g/mol. The van der Waals surface area contributed by atoms with Crippen molar-refractivity contribution in [2.24, 2.45) is 0 Å². The number of hydrazine groups is 1. The number of para-hydroxylation sites is 1. The third-order valence-corrected chi connectivity index (χ3v) is 3.94. The van der Waals surface area contributed by atoms with Gasteiger partial charge in [0.15, 0.2) is 0 Å². The van der Waals surface area contributed by atoms with Crippen LogP contribution in [-0.2, 0) is 4.79 Å². The molecule has 0 fully saturated rings. The zero-order valence-corrected chi connectivity index (χ0v) is 13.5. The highest BCUT2D eigenvalue weighted by Crippen LogP contribution is 2.27. The van der Waals surface area contributed by atoms with E-state index >= 15 is 0 Å². The van der Waals surface area contributed by atoms with E-state index in [0.717, 1.165) is 0 Å². The molecule has 4 rings (SSSR count). The number of nitrogens with one attached hydrogen (secondary N) is 1. The van der Waals surface area contributed by atoms with Crippen molar-refractivity contribution in [1.82, 2.24) is 15.4 Å². The molecule has 2 heterocycles. The molecule has 0 aliphatic carbocycles. The minimum Gasteiger partial charge on any atom is -0.403 e. The minimum absolute atomic E-state index is 0.0368. The van der Waals surface area contributed by atoms with Crippen molar-refractivity contribution in [3.63, 3.8) is 0 Å². The van der Waals surface area contributed by atoms with Gasteiger partial charge in [0.25, 0.3) is 11.8 Å². The largest absolute Gasteiger partial charge is 0.403 e. The maximum atomic E-state index is 12.4. The molecule has 0 radical (unpaired) electrons. The van der Waals surface area contributed by atoms with Crippen LogP contribution in [0.2, 0.25) is 0 Å². The molecule has 2 aromatic carbocycles. The van der Waals surface area contributed by atoms with Gasteiger partial charge >= 0.3 is 5.63 Å². The van der Waals surface area contributed by atoms with Crippen LogP contribution in [-0.4, -0.2) is 27.7 Å². The Labute approximate surface area is 146 Å². The van der Waals surface area contributed by atoms with Crippen LogP contribution >= 0.6 is 0 Å². The number of imide groups is 1. The summed E-state index contributed by atoms with van der Waals surface area (Å²) in [7, 11) is 0. The number of fused-ring (bicyclic) bond motifs is 2. The molecule has 0 unspecified atom stereocenters. The zero-order valence-electron chi connectivity index (χ0n) is 13.5. The maximum absolute atomic E-state index is 12.4. The van der Waals surface area contributed by atoms with Gasteiger partial charge in [0.1, 0.15) is 0 Å². The first kappa shape index (κ1) is 15.7. The lowest BCUT2D eigenvalue weighted by Crippen LogP contribution is -2.44. The Morgan fingerprint density at radius 2 is 1.77 bits per heavy atom. The van der Waals surface area contributed by atoms with E-state index in [1.807, 2.05) is 0 Å². The van der Waals surface area contributed by atoms with Crippen molar-refractivity contribution in [3.05, 3.63) is 64.0 Å². The summed E-state index contributed by atoms with van der Waals surface area (Å²) in [4.78, 5) is 52.2. The van der Waals surface area contributed by atoms with Crippen molar-refractivity contribution in [1.29, 1.82) is 0 Å². The van der Waals surface area contributed by atoms with E-state index in [1.54, 1.807) is 24.3 Å². The quantitative estimate of drug-likeness (QED) is 0.702. The van der Waals surface area contributed by atoms with E-state index in [2.05, 4.69) is 10.4 Å². The third-order valence-electron chi connectivity index (χ3n) is 3.94. The zero-order chi connectivity index (χ0) is 18.4. The highest BCUT2D eigenvalue weighted by molar-refractivity contribution is 6.22. The highest BCUT2D eigenvalue weighted by atomic mass is 16.4. The van der Waals surface area contributed by atoms with Crippen LogP contribution in [0.25, 0.3) is 22.4 Å². The minimum atomic E-state index is -0.662. The van der Waals surface area contributed by atoms with Crippen LogP contribution in [0.3, 0.4) is 0 Å². The molecule has 128 valence electrons. The second-order valence-corrected chi connectivity index (χ2v) is 5.70. The standard InChI is InChI=1S/C18H11N3O5/c1-9(22)20-21-16(23)11-7-6-10(8-13(11)17(21)24)15-19-14-5-3-2-4-12(14)18(25)26-15/h2-8H,1H3,(H,20,22). The fourth-order valence-electron chi connectivity index (χ4n) is 2.78. The fraction of sp³-hybridized carbons (Fsp3) is 0.0556. The van der Waals surface area contributed by atoms with Crippen molar-refractivity contribution in [2.75, 3.05) is 0 Å². The molecular weight excluding hydrogens is 338 g/mol. The molecule has 26 heavy (non-hydrogen) atoms. The second kappa shape index (κ2) is 5.62. The highest BCUT2D eigenvalue weighted by Gasteiger charge is 2.36. The van der Waals surface area contributed by atoms with Gasteiger partial charge in [-0.3, -0.25) is 19.8 Å². The third kappa shape index (κ3) is 2.35. The van der Waals surface area contributed by atoms with Crippen molar-refractivity contribution in [2.45, 2.75) is 6.92 Å². The summed E-state index contributed by atoms with van der Waals surface area (Å²) in [5.41, 5.74) is 2.72. The van der Waals surface area contributed by atoms with Gasteiger partial charge in [-0.15, -0.1) is 0 Å². The molecule has 8 heteroatoms. The Morgan fingerprint density at radius 3 is 2.54 bits per heavy atom. The topological polar surface area (TPSA) is 110 Å². The Bertz CT molecular complexity index is 1160. The summed E-state index contributed by atoms with van der Waals surface area (Å²) in [6.45, 7) is 1.20. The molecule has 0 saturated carbocycles. The van der Waals surface area contributed by atoms with Gasteiger partial charge in [-0.25, -0.2) is 9.78 Å². The smallest absolute Gasteiger partial charge is 0.347 e. The lowest BCUT2D eigenvalue weighted by Gasteiger charge is -2.12. The van der Waals surface area contributed by atoms with E-state index in [1.165, 1.54) is 25.1 Å². The van der Waals surface area contributed by atoms with Crippen molar-refractivity contribution >= 4 is 28.6 Å². The Balaban J connectivity index is 1.82. The lowest BCUT2D eigenvalue weighted by molar-refractivity contribution is -0.122.